The molecular formula is C13H12BrClN2O. The van der Waals surface area contributed by atoms with Crippen LogP contribution in [0.25, 0.3) is 0 Å². The SMILES string of the molecule is Cc1cc(Br)ccc1Oc1nnc(Cl)c(C)c1C. The molecule has 2 aromatic rings. The number of rotatable bonds is 2. The third-order valence-corrected chi connectivity index (χ3v) is 3.62. The van der Waals surface area contributed by atoms with Gasteiger partial charge >= 0.3 is 0 Å². The van der Waals surface area contributed by atoms with Crippen molar-refractivity contribution in [3.8, 4) is 11.6 Å². The highest BCUT2D eigenvalue weighted by atomic mass is 79.9. The fraction of sp³-hybridized carbons (Fsp3) is 0.231. The summed E-state index contributed by atoms with van der Waals surface area (Å²) in [4.78, 5) is 0. The first-order chi connectivity index (χ1) is 8.49. The second kappa shape index (κ2) is 5.24. The van der Waals surface area contributed by atoms with Gasteiger partial charge in [0.05, 0.1) is 0 Å². The van der Waals surface area contributed by atoms with Gasteiger partial charge in [-0.3, -0.25) is 0 Å². The van der Waals surface area contributed by atoms with Gasteiger partial charge in [0.25, 0.3) is 0 Å². The van der Waals surface area contributed by atoms with Gasteiger partial charge in [-0.2, -0.15) is 0 Å². The van der Waals surface area contributed by atoms with Crippen molar-refractivity contribution in [1.82, 2.24) is 10.2 Å². The van der Waals surface area contributed by atoms with Gasteiger partial charge in [-0.05, 0) is 50.1 Å². The third-order valence-electron chi connectivity index (χ3n) is 2.76. The largest absolute Gasteiger partial charge is 0.437 e. The zero-order valence-corrected chi connectivity index (χ0v) is 12.6. The maximum absolute atomic E-state index is 5.91. The van der Waals surface area contributed by atoms with Crippen LogP contribution in [0.2, 0.25) is 5.15 Å². The Balaban J connectivity index is 2.37. The minimum Gasteiger partial charge on any atom is -0.437 e. The quantitative estimate of drug-likeness (QED) is 0.808. The van der Waals surface area contributed by atoms with E-state index in [1.165, 1.54) is 0 Å². The third kappa shape index (κ3) is 2.65. The van der Waals surface area contributed by atoms with Gasteiger partial charge in [0, 0.05) is 10.0 Å². The first-order valence-corrected chi connectivity index (χ1v) is 6.59. The Morgan fingerprint density at radius 2 is 1.83 bits per heavy atom. The van der Waals surface area contributed by atoms with E-state index in [1.807, 2.05) is 39.0 Å². The van der Waals surface area contributed by atoms with Gasteiger partial charge in [-0.25, -0.2) is 0 Å². The summed E-state index contributed by atoms with van der Waals surface area (Å²) < 4.78 is 6.79. The van der Waals surface area contributed by atoms with Crippen molar-refractivity contribution in [3.63, 3.8) is 0 Å². The van der Waals surface area contributed by atoms with Crippen LogP contribution in [0.3, 0.4) is 0 Å². The molecule has 1 aromatic carbocycles. The van der Waals surface area contributed by atoms with E-state index < -0.39 is 0 Å². The first-order valence-electron chi connectivity index (χ1n) is 5.42. The van der Waals surface area contributed by atoms with Crippen molar-refractivity contribution in [1.29, 1.82) is 0 Å². The molecule has 0 amide bonds. The summed E-state index contributed by atoms with van der Waals surface area (Å²) in [5.41, 5.74) is 2.81. The number of nitrogens with zero attached hydrogens (tertiary/aromatic N) is 2. The molecule has 0 saturated carbocycles. The molecule has 1 heterocycles. The smallest absolute Gasteiger partial charge is 0.242 e. The summed E-state index contributed by atoms with van der Waals surface area (Å²) in [5, 5.41) is 8.26. The molecule has 0 radical (unpaired) electrons. The standard InChI is InChI=1S/C13H12BrClN2O/c1-7-6-10(14)4-5-11(7)18-13-9(3)8(2)12(15)16-17-13/h4-6H,1-3H3. The van der Waals surface area contributed by atoms with Crippen LogP contribution < -0.4 is 4.74 Å². The number of halogens is 2. The first kappa shape index (κ1) is 13.3. The van der Waals surface area contributed by atoms with Gasteiger partial charge in [-0.1, -0.05) is 27.5 Å². The van der Waals surface area contributed by atoms with Crippen LogP contribution in [0.1, 0.15) is 16.7 Å². The van der Waals surface area contributed by atoms with Crippen molar-refractivity contribution in [3.05, 3.63) is 44.5 Å². The molecule has 18 heavy (non-hydrogen) atoms. The summed E-state index contributed by atoms with van der Waals surface area (Å²) >= 11 is 9.32. The van der Waals surface area contributed by atoms with Crippen LogP contribution >= 0.6 is 27.5 Å². The summed E-state index contributed by atoms with van der Waals surface area (Å²) in [6, 6.07) is 5.80. The molecule has 0 aliphatic rings. The number of aromatic nitrogens is 2. The highest BCUT2D eigenvalue weighted by Gasteiger charge is 2.11. The second-order valence-electron chi connectivity index (χ2n) is 4.06. The highest BCUT2D eigenvalue weighted by Crippen LogP contribution is 2.30. The summed E-state index contributed by atoms with van der Waals surface area (Å²) in [7, 11) is 0. The van der Waals surface area contributed by atoms with Crippen molar-refractivity contribution in [2.75, 3.05) is 0 Å². The predicted octanol–water partition coefficient (Wildman–Crippen LogP) is 4.61. The molecule has 0 aliphatic heterocycles. The molecule has 3 nitrogen and oxygen atoms in total. The fourth-order valence-corrected chi connectivity index (χ4v) is 2.14. The topological polar surface area (TPSA) is 35.0 Å². The van der Waals surface area contributed by atoms with Crippen LogP contribution in [-0.2, 0) is 0 Å². The normalized spacial score (nSPS) is 10.5. The van der Waals surface area contributed by atoms with Gasteiger partial charge in [-0.15, -0.1) is 10.2 Å². The maximum Gasteiger partial charge on any atom is 0.242 e. The molecule has 0 spiro atoms. The van der Waals surface area contributed by atoms with Crippen LogP contribution in [0.4, 0.5) is 0 Å². The summed E-state index contributed by atoms with van der Waals surface area (Å²) in [6.07, 6.45) is 0. The van der Waals surface area contributed by atoms with E-state index in [1.54, 1.807) is 0 Å². The lowest BCUT2D eigenvalue weighted by atomic mass is 10.2. The van der Waals surface area contributed by atoms with E-state index in [9.17, 15) is 0 Å². The Hall–Kier alpha value is -1.13. The van der Waals surface area contributed by atoms with E-state index in [2.05, 4.69) is 26.1 Å². The van der Waals surface area contributed by atoms with E-state index in [0.29, 0.717) is 11.0 Å². The van der Waals surface area contributed by atoms with Gasteiger partial charge in [0.2, 0.25) is 5.88 Å². The Morgan fingerprint density at radius 1 is 1.11 bits per heavy atom. The molecule has 5 heteroatoms. The van der Waals surface area contributed by atoms with Crippen molar-refractivity contribution in [2.24, 2.45) is 0 Å². The Labute approximate surface area is 119 Å². The van der Waals surface area contributed by atoms with Crippen LogP contribution in [0.5, 0.6) is 11.6 Å². The van der Waals surface area contributed by atoms with E-state index in [4.69, 9.17) is 16.3 Å². The highest BCUT2D eigenvalue weighted by molar-refractivity contribution is 9.10. The Kier molecular flexibility index (Phi) is 3.88. The molecule has 2 rings (SSSR count). The van der Waals surface area contributed by atoms with Gasteiger partial charge in [0.1, 0.15) is 5.75 Å². The predicted molar refractivity (Wildman–Crippen MR) is 75.5 cm³/mol. The molecule has 1 aromatic heterocycles. The summed E-state index contributed by atoms with van der Waals surface area (Å²) in [5.74, 6) is 1.25. The average Bonchev–Trinajstić information content (AvgIpc) is 2.33. The molecule has 0 bridgehead atoms. The van der Waals surface area contributed by atoms with Crippen LogP contribution in [-0.4, -0.2) is 10.2 Å². The maximum atomic E-state index is 5.91. The molecule has 0 N–H and O–H groups in total. The van der Waals surface area contributed by atoms with Crippen molar-refractivity contribution < 1.29 is 4.74 Å². The van der Waals surface area contributed by atoms with E-state index in [-0.39, 0.29) is 0 Å². The molecule has 0 aliphatic carbocycles. The monoisotopic (exact) mass is 326 g/mol. The zero-order chi connectivity index (χ0) is 13.3. The van der Waals surface area contributed by atoms with Gasteiger partial charge in [0.15, 0.2) is 5.15 Å². The number of hydrogen-bond acceptors (Lipinski definition) is 3. The minimum atomic E-state index is 0.410. The van der Waals surface area contributed by atoms with Crippen molar-refractivity contribution in [2.45, 2.75) is 20.8 Å². The van der Waals surface area contributed by atoms with Crippen LogP contribution in [0, 0.1) is 20.8 Å². The number of benzene rings is 1. The Morgan fingerprint density at radius 3 is 2.50 bits per heavy atom. The average molecular weight is 328 g/mol. The fourth-order valence-electron chi connectivity index (χ4n) is 1.48. The Bertz CT molecular complexity index is 602. The molecule has 0 saturated heterocycles. The van der Waals surface area contributed by atoms with E-state index >= 15 is 0 Å². The molecule has 0 unspecified atom stereocenters. The van der Waals surface area contributed by atoms with E-state index in [0.717, 1.165) is 26.9 Å². The lowest BCUT2D eigenvalue weighted by Crippen LogP contribution is -1.98. The van der Waals surface area contributed by atoms with Crippen LogP contribution in [0.15, 0.2) is 22.7 Å². The minimum absolute atomic E-state index is 0.410. The van der Waals surface area contributed by atoms with Gasteiger partial charge < -0.3 is 4.74 Å². The molecule has 0 atom stereocenters. The number of hydrogen-bond donors (Lipinski definition) is 0. The second-order valence-corrected chi connectivity index (χ2v) is 5.33. The number of ether oxygens (including phenoxy) is 1. The molecule has 0 fully saturated rings. The molecular weight excluding hydrogens is 316 g/mol. The zero-order valence-electron chi connectivity index (χ0n) is 10.3. The number of aryl methyl sites for hydroxylation is 1. The molecule has 94 valence electrons. The lowest BCUT2D eigenvalue weighted by Gasteiger charge is -2.11. The summed E-state index contributed by atoms with van der Waals surface area (Å²) in [6.45, 7) is 5.79. The van der Waals surface area contributed by atoms with Crippen molar-refractivity contribution >= 4 is 27.5 Å². The lowest BCUT2D eigenvalue weighted by molar-refractivity contribution is 0.447.